The molecule has 3 fully saturated rings. The lowest BCUT2D eigenvalue weighted by molar-refractivity contribution is 0.0757. The molecule has 1 unspecified atom stereocenters. The normalized spacial score (nSPS) is 30.1. The monoisotopic (exact) mass is 328 g/mol. The Morgan fingerprint density at radius 1 is 0.696 bits per heavy atom. The predicted molar refractivity (Wildman–Crippen MR) is 96.9 cm³/mol. The second kappa shape index (κ2) is 12.3. The van der Waals surface area contributed by atoms with Crippen LogP contribution in [0.3, 0.4) is 0 Å². The van der Waals surface area contributed by atoms with E-state index >= 15 is 0 Å². The Labute approximate surface area is 144 Å². The van der Waals surface area contributed by atoms with Crippen molar-refractivity contribution in [2.24, 2.45) is 11.8 Å². The van der Waals surface area contributed by atoms with E-state index in [9.17, 15) is 0 Å². The summed E-state index contributed by atoms with van der Waals surface area (Å²) in [4.78, 5) is 0. The summed E-state index contributed by atoms with van der Waals surface area (Å²) in [6.45, 7) is 14.0. The molecule has 0 N–H and O–H groups in total. The van der Waals surface area contributed by atoms with Gasteiger partial charge >= 0.3 is 0 Å². The summed E-state index contributed by atoms with van der Waals surface area (Å²) in [5, 5.41) is 0. The zero-order chi connectivity index (χ0) is 17.1. The van der Waals surface area contributed by atoms with E-state index in [1.54, 1.807) is 0 Å². The van der Waals surface area contributed by atoms with Gasteiger partial charge in [-0.25, -0.2) is 0 Å². The topological polar surface area (TPSA) is 27.7 Å². The van der Waals surface area contributed by atoms with Gasteiger partial charge in [0.25, 0.3) is 0 Å². The maximum absolute atomic E-state index is 5.41. The van der Waals surface area contributed by atoms with Crippen molar-refractivity contribution >= 4 is 0 Å². The minimum absolute atomic E-state index is 0.565. The standard InChI is InChI=1S/2C7H14O.C6H12O/c2*1-6(2)7-4-3-5-8-7;1-2-6-4-3-5-7-6/h2*6-7H,3-5H2,1-2H3;6H,2-5H2,1H3/t7-;;6-/m1.1/s1. The van der Waals surface area contributed by atoms with Gasteiger partial charge in [0.1, 0.15) is 0 Å². The first-order valence-corrected chi connectivity index (χ1v) is 9.89. The van der Waals surface area contributed by atoms with Gasteiger partial charge in [0.15, 0.2) is 0 Å². The van der Waals surface area contributed by atoms with Crippen molar-refractivity contribution in [3.63, 3.8) is 0 Å². The lowest BCUT2D eigenvalue weighted by Gasteiger charge is -2.11. The molecule has 3 saturated heterocycles. The summed E-state index contributed by atoms with van der Waals surface area (Å²) in [5.41, 5.74) is 0. The molecule has 0 aliphatic carbocycles. The zero-order valence-corrected chi connectivity index (χ0v) is 16.2. The lowest BCUT2D eigenvalue weighted by atomic mass is 10.1. The van der Waals surface area contributed by atoms with Crippen LogP contribution in [0.1, 0.15) is 79.6 Å². The van der Waals surface area contributed by atoms with Crippen LogP contribution >= 0.6 is 0 Å². The molecule has 0 spiro atoms. The summed E-state index contributed by atoms with van der Waals surface area (Å²) in [6, 6.07) is 0. The molecule has 0 aromatic carbocycles. The molecule has 0 bridgehead atoms. The van der Waals surface area contributed by atoms with Crippen LogP contribution in [-0.4, -0.2) is 38.1 Å². The Morgan fingerprint density at radius 3 is 1.30 bits per heavy atom. The second-order valence-electron chi connectivity index (χ2n) is 7.63. The average molecular weight is 329 g/mol. The fourth-order valence-electron chi connectivity index (χ4n) is 3.22. The highest BCUT2D eigenvalue weighted by molar-refractivity contribution is 4.67. The summed E-state index contributed by atoms with van der Waals surface area (Å²) < 4.78 is 16.1. The molecule has 3 rings (SSSR count). The molecule has 3 heteroatoms. The second-order valence-corrected chi connectivity index (χ2v) is 7.63. The fraction of sp³-hybridized carbons (Fsp3) is 1.00. The van der Waals surface area contributed by atoms with E-state index in [-0.39, 0.29) is 0 Å². The Kier molecular flexibility index (Phi) is 11.2. The van der Waals surface area contributed by atoms with Crippen molar-refractivity contribution in [2.45, 2.75) is 97.9 Å². The Morgan fingerprint density at radius 2 is 1.13 bits per heavy atom. The van der Waals surface area contributed by atoms with Crippen LogP contribution in [0.25, 0.3) is 0 Å². The van der Waals surface area contributed by atoms with Crippen molar-refractivity contribution in [2.75, 3.05) is 19.8 Å². The van der Waals surface area contributed by atoms with Crippen molar-refractivity contribution in [3.05, 3.63) is 0 Å². The van der Waals surface area contributed by atoms with Crippen molar-refractivity contribution in [1.82, 2.24) is 0 Å². The Bertz CT molecular complexity index is 240. The number of ether oxygens (including phenoxy) is 3. The Balaban J connectivity index is 0.000000173. The highest BCUT2D eigenvalue weighted by atomic mass is 16.5. The molecule has 3 aliphatic rings. The summed E-state index contributed by atoms with van der Waals surface area (Å²) in [6.07, 6.45) is 10.6. The van der Waals surface area contributed by atoms with E-state index < -0.39 is 0 Å². The molecule has 23 heavy (non-hydrogen) atoms. The van der Waals surface area contributed by atoms with E-state index in [0.717, 1.165) is 31.7 Å². The third kappa shape index (κ3) is 9.07. The van der Waals surface area contributed by atoms with Crippen LogP contribution in [0.5, 0.6) is 0 Å². The van der Waals surface area contributed by atoms with Crippen LogP contribution < -0.4 is 0 Å². The van der Waals surface area contributed by atoms with Gasteiger partial charge in [-0.2, -0.15) is 0 Å². The molecule has 0 amide bonds. The van der Waals surface area contributed by atoms with Gasteiger partial charge in [-0.3, -0.25) is 0 Å². The molecule has 3 nitrogen and oxygen atoms in total. The first-order valence-electron chi connectivity index (χ1n) is 9.89. The summed E-state index contributed by atoms with van der Waals surface area (Å²) in [7, 11) is 0. The Hall–Kier alpha value is -0.120. The molecule has 138 valence electrons. The summed E-state index contributed by atoms with van der Waals surface area (Å²) in [5.74, 6) is 1.44. The molecule has 0 aromatic rings. The zero-order valence-electron chi connectivity index (χ0n) is 16.2. The molecular weight excluding hydrogens is 288 g/mol. The SMILES string of the molecule is CC(C)C1CCCO1.CC(C)[C@H]1CCCO1.CC[C@@H]1CCCO1. The highest BCUT2D eigenvalue weighted by Crippen LogP contribution is 2.19. The van der Waals surface area contributed by atoms with E-state index in [1.165, 1.54) is 44.9 Å². The number of hydrogen-bond donors (Lipinski definition) is 0. The minimum atomic E-state index is 0.565. The van der Waals surface area contributed by atoms with Gasteiger partial charge in [-0.1, -0.05) is 34.6 Å². The van der Waals surface area contributed by atoms with Gasteiger partial charge in [0, 0.05) is 19.8 Å². The third-order valence-corrected chi connectivity index (χ3v) is 4.90. The van der Waals surface area contributed by atoms with Crippen LogP contribution in [-0.2, 0) is 14.2 Å². The molecule has 3 heterocycles. The van der Waals surface area contributed by atoms with Crippen LogP contribution in [0.15, 0.2) is 0 Å². The van der Waals surface area contributed by atoms with E-state index in [1.807, 2.05) is 0 Å². The smallest absolute Gasteiger partial charge is 0.0598 e. The van der Waals surface area contributed by atoms with E-state index in [0.29, 0.717) is 18.3 Å². The van der Waals surface area contributed by atoms with Crippen molar-refractivity contribution in [3.8, 4) is 0 Å². The third-order valence-electron chi connectivity index (χ3n) is 4.90. The lowest BCUT2D eigenvalue weighted by Crippen LogP contribution is -2.12. The molecule has 3 aliphatic heterocycles. The molecular formula is C20H40O3. The van der Waals surface area contributed by atoms with Crippen LogP contribution in [0.4, 0.5) is 0 Å². The fourth-order valence-corrected chi connectivity index (χ4v) is 3.22. The number of rotatable bonds is 3. The highest BCUT2D eigenvalue weighted by Gasteiger charge is 2.18. The first kappa shape index (κ1) is 20.9. The van der Waals surface area contributed by atoms with Crippen molar-refractivity contribution in [1.29, 1.82) is 0 Å². The minimum Gasteiger partial charge on any atom is -0.378 e. The van der Waals surface area contributed by atoms with Crippen LogP contribution in [0.2, 0.25) is 0 Å². The van der Waals surface area contributed by atoms with Gasteiger partial charge < -0.3 is 14.2 Å². The van der Waals surface area contributed by atoms with Crippen LogP contribution in [0, 0.1) is 11.8 Å². The maximum Gasteiger partial charge on any atom is 0.0598 e. The molecule has 0 aromatic heterocycles. The van der Waals surface area contributed by atoms with Gasteiger partial charge in [-0.15, -0.1) is 0 Å². The molecule has 0 saturated carbocycles. The average Bonchev–Trinajstić information content (AvgIpc) is 3.30. The first-order chi connectivity index (χ1) is 11.0. The molecule has 0 radical (unpaired) electrons. The molecule has 3 atom stereocenters. The van der Waals surface area contributed by atoms with E-state index in [2.05, 4.69) is 34.6 Å². The largest absolute Gasteiger partial charge is 0.378 e. The van der Waals surface area contributed by atoms with Gasteiger partial charge in [0.2, 0.25) is 0 Å². The summed E-state index contributed by atoms with van der Waals surface area (Å²) >= 11 is 0. The van der Waals surface area contributed by atoms with Gasteiger partial charge in [0.05, 0.1) is 18.3 Å². The van der Waals surface area contributed by atoms with E-state index in [4.69, 9.17) is 14.2 Å². The maximum atomic E-state index is 5.41. The predicted octanol–water partition coefficient (Wildman–Crippen LogP) is 5.22. The van der Waals surface area contributed by atoms with Crippen molar-refractivity contribution < 1.29 is 14.2 Å². The van der Waals surface area contributed by atoms with Gasteiger partial charge in [-0.05, 0) is 56.8 Å². The quantitative estimate of drug-likeness (QED) is 0.711. The number of hydrogen-bond acceptors (Lipinski definition) is 3.